The molecule has 0 atom stereocenters. The van der Waals surface area contributed by atoms with Crippen molar-refractivity contribution >= 4 is 5.69 Å². The Hall–Kier alpha value is -3.32. The second-order valence-electron chi connectivity index (χ2n) is 6.39. The van der Waals surface area contributed by atoms with Crippen LogP contribution >= 0.6 is 0 Å². The first-order valence-electron chi connectivity index (χ1n) is 8.79. The number of allylic oxidation sites excluding steroid dienone is 3. The maximum absolute atomic E-state index is 4.16. The molecule has 0 bridgehead atoms. The van der Waals surface area contributed by atoms with Crippen molar-refractivity contribution in [2.75, 3.05) is 5.32 Å². The predicted molar refractivity (Wildman–Crippen MR) is 112 cm³/mol. The first kappa shape index (κ1) is 16.2. The standard InChI is InChI=1S/C25H21N.H2/c1-3-21-23(4-2)26-24-18-12-11-17-22(24)25(21,19-13-7-5-8-14-19)20-15-9-6-10-16-20;/h3-18,26H,1-2H2;1H. The number of para-hydroxylation sites is 1. The zero-order chi connectivity index (χ0) is 18.0. The average molecular weight is 337 g/mol. The Bertz CT molecular complexity index is 948. The Morgan fingerprint density at radius 2 is 1.23 bits per heavy atom. The second kappa shape index (κ2) is 6.53. The molecule has 0 radical (unpaired) electrons. The van der Waals surface area contributed by atoms with E-state index in [-0.39, 0.29) is 1.43 Å². The average Bonchev–Trinajstić information content (AvgIpc) is 2.73. The van der Waals surface area contributed by atoms with Crippen LogP contribution in [0.3, 0.4) is 0 Å². The SMILES string of the molecule is C=CC1=C(C=C)C(c2ccccc2)(c2ccccc2)c2ccccc2N1.[HH]. The summed E-state index contributed by atoms with van der Waals surface area (Å²) >= 11 is 0. The van der Waals surface area contributed by atoms with Gasteiger partial charge >= 0.3 is 0 Å². The van der Waals surface area contributed by atoms with Crippen molar-refractivity contribution in [1.29, 1.82) is 0 Å². The quantitative estimate of drug-likeness (QED) is 0.587. The molecule has 0 amide bonds. The lowest BCUT2D eigenvalue weighted by molar-refractivity contribution is 0.729. The molecule has 1 N–H and O–H groups in total. The van der Waals surface area contributed by atoms with Crippen molar-refractivity contribution in [3.8, 4) is 0 Å². The van der Waals surface area contributed by atoms with Crippen molar-refractivity contribution in [2.24, 2.45) is 0 Å². The number of nitrogens with one attached hydrogen (secondary N) is 1. The Balaban J connectivity index is 0.00000210. The molecule has 1 aliphatic heterocycles. The highest BCUT2D eigenvalue weighted by molar-refractivity contribution is 5.76. The molecule has 0 unspecified atom stereocenters. The van der Waals surface area contributed by atoms with Crippen LogP contribution in [0.5, 0.6) is 0 Å². The van der Waals surface area contributed by atoms with Gasteiger partial charge in [0, 0.05) is 12.8 Å². The van der Waals surface area contributed by atoms with Crippen molar-refractivity contribution in [3.05, 3.63) is 138 Å². The third-order valence-electron chi connectivity index (χ3n) is 5.12. The molecule has 3 aromatic rings. The minimum absolute atomic E-state index is 0. The molecule has 0 spiro atoms. The molecule has 0 fully saturated rings. The van der Waals surface area contributed by atoms with Crippen LogP contribution in [0.2, 0.25) is 0 Å². The van der Waals surface area contributed by atoms with Gasteiger partial charge in [0.25, 0.3) is 0 Å². The Morgan fingerprint density at radius 3 is 1.77 bits per heavy atom. The molecular formula is C25H23N. The van der Waals surface area contributed by atoms with E-state index in [0.29, 0.717) is 0 Å². The molecule has 26 heavy (non-hydrogen) atoms. The maximum Gasteiger partial charge on any atom is 0.0741 e. The van der Waals surface area contributed by atoms with Crippen LogP contribution in [0.4, 0.5) is 5.69 Å². The highest BCUT2D eigenvalue weighted by Crippen LogP contribution is 2.51. The Labute approximate surface area is 156 Å². The third kappa shape index (κ3) is 2.25. The van der Waals surface area contributed by atoms with Gasteiger partial charge < -0.3 is 5.32 Å². The Morgan fingerprint density at radius 1 is 0.692 bits per heavy atom. The molecule has 3 aromatic carbocycles. The van der Waals surface area contributed by atoms with E-state index in [1.54, 1.807) is 0 Å². The van der Waals surface area contributed by atoms with Crippen molar-refractivity contribution in [2.45, 2.75) is 5.41 Å². The molecule has 1 nitrogen and oxygen atoms in total. The van der Waals surface area contributed by atoms with E-state index < -0.39 is 5.41 Å². The van der Waals surface area contributed by atoms with Crippen LogP contribution in [0.15, 0.2) is 122 Å². The number of hydrogen-bond acceptors (Lipinski definition) is 1. The van der Waals surface area contributed by atoms with Gasteiger partial charge in [-0.2, -0.15) is 0 Å². The number of rotatable bonds is 4. The van der Waals surface area contributed by atoms with Gasteiger partial charge in [0.15, 0.2) is 0 Å². The molecule has 0 aliphatic carbocycles. The lowest BCUT2D eigenvalue weighted by Gasteiger charge is -2.42. The number of benzene rings is 3. The van der Waals surface area contributed by atoms with Gasteiger partial charge in [0.1, 0.15) is 0 Å². The highest BCUT2D eigenvalue weighted by atomic mass is 14.9. The summed E-state index contributed by atoms with van der Waals surface area (Å²) in [7, 11) is 0. The molecule has 1 heterocycles. The van der Waals surface area contributed by atoms with Crippen LogP contribution in [0.1, 0.15) is 18.1 Å². The summed E-state index contributed by atoms with van der Waals surface area (Å²) in [6.45, 7) is 8.20. The van der Waals surface area contributed by atoms with E-state index in [2.05, 4.69) is 103 Å². The van der Waals surface area contributed by atoms with Crippen molar-refractivity contribution < 1.29 is 1.43 Å². The molecule has 1 heteroatoms. The number of fused-ring (bicyclic) bond motifs is 1. The van der Waals surface area contributed by atoms with Crippen LogP contribution in [-0.2, 0) is 5.41 Å². The van der Waals surface area contributed by atoms with Crippen LogP contribution in [-0.4, -0.2) is 0 Å². The molecule has 1 aliphatic rings. The van der Waals surface area contributed by atoms with Crippen LogP contribution in [0, 0.1) is 0 Å². The summed E-state index contributed by atoms with van der Waals surface area (Å²) < 4.78 is 0. The lowest BCUT2D eigenvalue weighted by Crippen LogP contribution is -2.36. The molecular weight excluding hydrogens is 314 g/mol. The van der Waals surface area contributed by atoms with Gasteiger partial charge in [0.05, 0.1) is 5.41 Å². The van der Waals surface area contributed by atoms with Crippen molar-refractivity contribution in [1.82, 2.24) is 0 Å². The van der Waals surface area contributed by atoms with Gasteiger partial charge in [0.2, 0.25) is 0 Å². The molecule has 128 valence electrons. The van der Waals surface area contributed by atoms with Gasteiger partial charge in [-0.3, -0.25) is 0 Å². The number of anilines is 1. The van der Waals surface area contributed by atoms with E-state index in [1.165, 1.54) is 16.7 Å². The topological polar surface area (TPSA) is 12.0 Å². The summed E-state index contributed by atoms with van der Waals surface area (Å²) in [5.74, 6) is 0. The fourth-order valence-electron chi connectivity index (χ4n) is 4.07. The van der Waals surface area contributed by atoms with E-state index in [0.717, 1.165) is 17.0 Å². The third-order valence-corrected chi connectivity index (χ3v) is 5.12. The largest absolute Gasteiger partial charge is 0.355 e. The predicted octanol–water partition coefficient (Wildman–Crippen LogP) is 6.32. The summed E-state index contributed by atoms with van der Waals surface area (Å²) in [5, 5.41) is 3.53. The number of hydrogen-bond donors (Lipinski definition) is 1. The fraction of sp³-hybridized carbons (Fsp3) is 0.0400. The minimum Gasteiger partial charge on any atom is -0.355 e. The van der Waals surface area contributed by atoms with Gasteiger partial charge in [-0.1, -0.05) is 98.1 Å². The maximum atomic E-state index is 4.16. The molecule has 4 rings (SSSR count). The molecule has 0 saturated heterocycles. The summed E-state index contributed by atoms with van der Waals surface area (Å²) in [4.78, 5) is 0. The Kier molecular flexibility index (Phi) is 4.06. The van der Waals surface area contributed by atoms with E-state index >= 15 is 0 Å². The monoisotopic (exact) mass is 337 g/mol. The normalized spacial score (nSPS) is 14.9. The van der Waals surface area contributed by atoms with Gasteiger partial charge in [-0.15, -0.1) is 0 Å². The minimum atomic E-state index is -0.435. The molecule has 0 saturated carbocycles. The second-order valence-corrected chi connectivity index (χ2v) is 6.39. The van der Waals surface area contributed by atoms with E-state index in [1.807, 2.05) is 12.2 Å². The highest BCUT2D eigenvalue weighted by Gasteiger charge is 2.43. The van der Waals surface area contributed by atoms with Crippen molar-refractivity contribution in [3.63, 3.8) is 0 Å². The smallest absolute Gasteiger partial charge is 0.0741 e. The summed E-state index contributed by atoms with van der Waals surface area (Å²) in [5.41, 5.74) is 6.42. The zero-order valence-corrected chi connectivity index (χ0v) is 14.7. The van der Waals surface area contributed by atoms with Gasteiger partial charge in [-0.05, 0) is 34.4 Å². The van der Waals surface area contributed by atoms with E-state index in [4.69, 9.17) is 0 Å². The summed E-state index contributed by atoms with van der Waals surface area (Å²) in [6, 6.07) is 29.8. The van der Waals surface area contributed by atoms with Crippen LogP contribution < -0.4 is 5.32 Å². The zero-order valence-electron chi connectivity index (χ0n) is 14.7. The van der Waals surface area contributed by atoms with Crippen LogP contribution in [0.25, 0.3) is 0 Å². The molecule has 0 aromatic heterocycles. The fourth-order valence-corrected chi connectivity index (χ4v) is 4.07. The lowest BCUT2D eigenvalue weighted by atomic mass is 9.62. The van der Waals surface area contributed by atoms with E-state index in [9.17, 15) is 0 Å². The van der Waals surface area contributed by atoms with Gasteiger partial charge in [-0.25, -0.2) is 0 Å². The first-order chi connectivity index (χ1) is 12.8. The summed E-state index contributed by atoms with van der Waals surface area (Å²) in [6.07, 6.45) is 3.84. The first-order valence-corrected chi connectivity index (χ1v) is 8.79.